The van der Waals surface area contributed by atoms with Gasteiger partial charge in [-0.1, -0.05) is 67.6 Å². The number of thioether (sulfide) groups is 1. The Morgan fingerprint density at radius 1 is 1.20 bits per heavy atom. The predicted molar refractivity (Wildman–Crippen MR) is 140 cm³/mol. The van der Waals surface area contributed by atoms with Gasteiger partial charge in [-0.05, 0) is 82.7 Å². The number of hydrogen-bond acceptors (Lipinski definition) is 4. The summed E-state index contributed by atoms with van der Waals surface area (Å²) >= 11 is 7.21. The molecule has 0 saturated carbocycles. The molecule has 0 aromatic heterocycles. The molecule has 1 aliphatic rings. The summed E-state index contributed by atoms with van der Waals surface area (Å²) in [7, 11) is 2.03. The van der Waals surface area contributed by atoms with Gasteiger partial charge in [-0.2, -0.15) is 0 Å². The lowest BCUT2D eigenvalue weighted by molar-refractivity contribution is 0.222. The Labute approximate surface area is 194 Å². The molecule has 0 aromatic carbocycles. The Kier molecular flexibility index (Phi) is 12.8. The molecule has 1 N–H and O–H groups in total. The molecule has 0 fully saturated rings. The van der Waals surface area contributed by atoms with Gasteiger partial charge < -0.3 is 10.0 Å². The average molecular weight is 448 g/mol. The molecule has 0 bridgehead atoms. The molecule has 0 aromatic rings. The molecule has 0 saturated heterocycles. The number of likely N-dealkylation sites (N-methyl/N-ethyl adjacent to an activating group) is 1. The molecule has 2 nitrogen and oxygen atoms in total. The summed E-state index contributed by atoms with van der Waals surface area (Å²) in [6.07, 6.45) is 17.9. The van der Waals surface area contributed by atoms with Crippen molar-refractivity contribution in [3.63, 3.8) is 0 Å². The number of hydrogen-bond donors (Lipinski definition) is 1. The van der Waals surface area contributed by atoms with E-state index in [4.69, 9.17) is 17.3 Å². The van der Waals surface area contributed by atoms with Crippen LogP contribution in [0.2, 0.25) is 0 Å². The second kappa shape index (κ2) is 14.2. The van der Waals surface area contributed by atoms with Crippen LogP contribution in [0.25, 0.3) is 0 Å². The Morgan fingerprint density at radius 2 is 1.93 bits per heavy atom. The number of aliphatic hydroxyl groups is 1. The van der Waals surface area contributed by atoms with Gasteiger partial charge in [0, 0.05) is 12.3 Å². The summed E-state index contributed by atoms with van der Waals surface area (Å²) in [5, 5.41) is 8.91. The van der Waals surface area contributed by atoms with E-state index in [0.29, 0.717) is 0 Å². The normalized spacial score (nSPS) is 18.3. The Balaban J connectivity index is 2.50. The van der Waals surface area contributed by atoms with Gasteiger partial charge in [-0.3, -0.25) is 0 Å². The van der Waals surface area contributed by atoms with Crippen LogP contribution in [0, 0.1) is 5.41 Å². The Morgan fingerprint density at radius 3 is 2.60 bits per heavy atom. The van der Waals surface area contributed by atoms with Gasteiger partial charge in [0.1, 0.15) is 0 Å². The van der Waals surface area contributed by atoms with Gasteiger partial charge in [0.05, 0.1) is 10.8 Å². The van der Waals surface area contributed by atoms with Crippen molar-refractivity contribution in [3.05, 3.63) is 58.7 Å². The first-order valence-electron chi connectivity index (χ1n) is 11.0. The summed E-state index contributed by atoms with van der Waals surface area (Å²) in [6, 6.07) is 0. The van der Waals surface area contributed by atoms with Crippen LogP contribution < -0.4 is 0 Å². The quantitative estimate of drug-likeness (QED) is 0.161. The van der Waals surface area contributed by atoms with Crippen molar-refractivity contribution in [2.45, 2.75) is 60.3 Å². The van der Waals surface area contributed by atoms with E-state index in [0.717, 1.165) is 29.5 Å². The smallest absolute Gasteiger partial charge is 0.0708 e. The Bertz CT molecular complexity index is 711. The lowest BCUT2D eigenvalue weighted by atomic mass is 9.72. The summed E-state index contributed by atoms with van der Waals surface area (Å²) in [4.78, 5) is 2.14. The minimum Gasteiger partial charge on any atom is -0.395 e. The highest BCUT2D eigenvalue weighted by atomic mass is 32.2. The average Bonchev–Trinajstić information content (AvgIpc) is 2.64. The van der Waals surface area contributed by atoms with Crippen LogP contribution in [0.15, 0.2) is 58.7 Å². The first kappa shape index (κ1) is 27.1. The SMILES string of the molecule is CC1=C(/C=C/C(C)=C/C=C/C(C)=C/C(=S)SCCCN(C)CCO)C(C)(C)CCC1. The van der Waals surface area contributed by atoms with Crippen molar-refractivity contribution in [2.75, 3.05) is 32.5 Å². The number of nitrogens with zero attached hydrogens (tertiary/aromatic N) is 1. The van der Waals surface area contributed by atoms with Gasteiger partial charge in [0.2, 0.25) is 0 Å². The van der Waals surface area contributed by atoms with Crippen LogP contribution >= 0.6 is 24.0 Å². The van der Waals surface area contributed by atoms with E-state index in [1.807, 2.05) is 7.05 Å². The highest BCUT2D eigenvalue weighted by molar-refractivity contribution is 8.23. The number of thiocarbonyl (C=S) groups is 1. The summed E-state index contributed by atoms with van der Waals surface area (Å²) in [5.41, 5.74) is 5.76. The van der Waals surface area contributed by atoms with Gasteiger partial charge in [-0.15, -0.1) is 11.8 Å². The van der Waals surface area contributed by atoms with E-state index >= 15 is 0 Å². The summed E-state index contributed by atoms with van der Waals surface area (Å²) in [5.74, 6) is 1.01. The highest BCUT2D eigenvalue weighted by Crippen LogP contribution is 2.40. The fourth-order valence-electron chi connectivity index (χ4n) is 3.70. The molecule has 0 aliphatic heterocycles. The predicted octanol–water partition coefficient (Wildman–Crippen LogP) is 6.89. The second-order valence-electron chi connectivity index (χ2n) is 8.97. The van der Waals surface area contributed by atoms with Gasteiger partial charge in [0.15, 0.2) is 0 Å². The van der Waals surface area contributed by atoms with E-state index in [-0.39, 0.29) is 12.0 Å². The fourth-order valence-corrected chi connectivity index (χ4v) is 4.88. The van der Waals surface area contributed by atoms with Gasteiger partial charge in [-0.25, -0.2) is 0 Å². The van der Waals surface area contributed by atoms with Crippen LogP contribution in [-0.4, -0.2) is 46.7 Å². The maximum Gasteiger partial charge on any atom is 0.0708 e. The number of aliphatic hydroxyl groups excluding tert-OH is 1. The lowest BCUT2D eigenvalue weighted by Gasteiger charge is -2.32. The van der Waals surface area contributed by atoms with Crippen molar-refractivity contribution in [2.24, 2.45) is 5.41 Å². The zero-order valence-corrected chi connectivity index (χ0v) is 21.5. The molecular formula is C26H41NOS2. The standard InChI is InChI=1S/C26H41NOS2/c1-21(13-14-24-23(3)12-8-15-26(24,4)5)10-7-11-22(2)20-25(29)30-19-9-16-27(6)17-18-28/h7,10-11,13-14,20,28H,8-9,12,15-19H2,1-6H3/b11-7+,14-13+,21-10+,22-20+. The number of rotatable bonds is 11. The van der Waals surface area contributed by atoms with E-state index < -0.39 is 0 Å². The van der Waals surface area contributed by atoms with Crippen molar-refractivity contribution in [3.8, 4) is 0 Å². The molecule has 0 atom stereocenters. The highest BCUT2D eigenvalue weighted by Gasteiger charge is 2.26. The zero-order chi connectivity index (χ0) is 22.6. The summed E-state index contributed by atoms with van der Waals surface area (Å²) < 4.78 is 0.935. The van der Waals surface area contributed by atoms with Crippen LogP contribution in [0.1, 0.15) is 60.3 Å². The van der Waals surface area contributed by atoms with Crippen LogP contribution in [0.3, 0.4) is 0 Å². The topological polar surface area (TPSA) is 23.5 Å². The molecule has 0 amide bonds. The molecule has 0 unspecified atom stereocenters. The van der Waals surface area contributed by atoms with Crippen LogP contribution in [0.4, 0.5) is 0 Å². The third-order valence-electron chi connectivity index (χ3n) is 5.53. The van der Waals surface area contributed by atoms with Gasteiger partial charge >= 0.3 is 0 Å². The largest absolute Gasteiger partial charge is 0.395 e. The molecular weight excluding hydrogens is 406 g/mol. The number of allylic oxidation sites excluding steroid dienone is 9. The van der Waals surface area contributed by atoms with E-state index in [2.05, 4.69) is 76.0 Å². The van der Waals surface area contributed by atoms with Crippen LogP contribution in [0.5, 0.6) is 0 Å². The van der Waals surface area contributed by atoms with Gasteiger partial charge in [0.25, 0.3) is 0 Å². The van der Waals surface area contributed by atoms with E-state index in [1.54, 1.807) is 11.8 Å². The maximum atomic E-state index is 8.91. The molecule has 0 radical (unpaired) electrons. The van der Waals surface area contributed by atoms with Crippen LogP contribution in [-0.2, 0) is 0 Å². The summed E-state index contributed by atoms with van der Waals surface area (Å²) in [6.45, 7) is 13.2. The minimum atomic E-state index is 0.218. The molecule has 30 heavy (non-hydrogen) atoms. The molecule has 1 aliphatic carbocycles. The Hall–Kier alpha value is -0.940. The third-order valence-corrected chi connectivity index (χ3v) is 6.90. The molecule has 0 spiro atoms. The van der Waals surface area contributed by atoms with E-state index in [1.165, 1.54) is 41.6 Å². The van der Waals surface area contributed by atoms with Crippen molar-refractivity contribution < 1.29 is 5.11 Å². The third kappa shape index (κ3) is 10.9. The first-order chi connectivity index (χ1) is 14.2. The zero-order valence-electron chi connectivity index (χ0n) is 19.8. The monoisotopic (exact) mass is 447 g/mol. The van der Waals surface area contributed by atoms with E-state index in [9.17, 15) is 0 Å². The second-order valence-corrected chi connectivity index (χ2v) is 10.8. The van der Waals surface area contributed by atoms with Crippen molar-refractivity contribution in [1.82, 2.24) is 4.90 Å². The first-order valence-corrected chi connectivity index (χ1v) is 12.4. The van der Waals surface area contributed by atoms with Crippen molar-refractivity contribution >= 4 is 28.2 Å². The molecule has 168 valence electrons. The van der Waals surface area contributed by atoms with Crippen molar-refractivity contribution in [1.29, 1.82) is 0 Å². The maximum absolute atomic E-state index is 8.91. The fraction of sp³-hybridized carbons (Fsp3) is 0.577. The lowest BCUT2D eigenvalue weighted by Crippen LogP contribution is -2.23. The molecule has 1 rings (SSSR count). The molecule has 4 heteroatoms. The minimum absolute atomic E-state index is 0.218. The molecule has 0 heterocycles.